The van der Waals surface area contributed by atoms with Gasteiger partial charge in [-0.2, -0.15) is 0 Å². The summed E-state index contributed by atoms with van der Waals surface area (Å²) >= 11 is 0. The number of rotatable bonds is 14. The van der Waals surface area contributed by atoms with E-state index in [9.17, 15) is 0 Å². The SMILES string of the molecule is CCOCCN(CCOCC)CCC(CN)OCC. The largest absolute Gasteiger partial charge is 0.380 e. The summed E-state index contributed by atoms with van der Waals surface area (Å²) in [6.45, 7) is 13.3. The molecule has 0 fully saturated rings. The Kier molecular flexibility index (Phi) is 14.1. The van der Waals surface area contributed by atoms with Crippen molar-refractivity contribution in [3.63, 3.8) is 0 Å². The topological polar surface area (TPSA) is 57.0 Å². The van der Waals surface area contributed by atoms with Crippen LogP contribution < -0.4 is 5.73 Å². The van der Waals surface area contributed by atoms with Crippen molar-refractivity contribution in [3.05, 3.63) is 0 Å². The summed E-state index contributed by atoms with van der Waals surface area (Å²) in [6, 6.07) is 0. The molecule has 0 aromatic rings. The fourth-order valence-corrected chi connectivity index (χ4v) is 1.84. The summed E-state index contributed by atoms with van der Waals surface area (Å²) in [5, 5.41) is 0. The smallest absolute Gasteiger partial charge is 0.0709 e. The molecule has 2 N–H and O–H groups in total. The van der Waals surface area contributed by atoms with Crippen LogP contribution in [0.3, 0.4) is 0 Å². The van der Waals surface area contributed by atoms with Crippen LogP contribution in [-0.4, -0.2) is 70.2 Å². The van der Waals surface area contributed by atoms with Gasteiger partial charge in [0.1, 0.15) is 0 Å². The van der Waals surface area contributed by atoms with E-state index >= 15 is 0 Å². The molecule has 0 heterocycles. The Morgan fingerprint density at radius 1 is 0.895 bits per heavy atom. The minimum absolute atomic E-state index is 0.159. The van der Waals surface area contributed by atoms with E-state index in [1.54, 1.807) is 0 Å². The highest BCUT2D eigenvalue weighted by molar-refractivity contribution is 4.64. The molecule has 0 radical (unpaired) electrons. The third kappa shape index (κ3) is 11.3. The molecule has 0 aliphatic heterocycles. The van der Waals surface area contributed by atoms with Gasteiger partial charge in [-0.15, -0.1) is 0 Å². The van der Waals surface area contributed by atoms with Gasteiger partial charge in [0.2, 0.25) is 0 Å². The summed E-state index contributed by atoms with van der Waals surface area (Å²) in [4.78, 5) is 2.35. The van der Waals surface area contributed by atoms with Gasteiger partial charge in [0.25, 0.3) is 0 Å². The highest BCUT2D eigenvalue weighted by atomic mass is 16.5. The molecule has 0 saturated heterocycles. The molecule has 0 aliphatic rings. The van der Waals surface area contributed by atoms with Gasteiger partial charge in [-0.3, -0.25) is 4.90 Å². The third-order valence-electron chi connectivity index (χ3n) is 2.94. The van der Waals surface area contributed by atoms with Crippen molar-refractivity contribution in [1.29, 1.82) is 0 Å². The second-order valence-electron chi connectivity index (χ2n) is 4.34. The molecule has 0 rings (SSSR count). The lowest BCUT2D eigenvalue weighted by Crippen LogP contribution is -2.35. The van der Waals surface area contributed by atoms with E-state index in [1.165, 1.54) is 0 Å². The summed E-state index contributed by atoms with van der Waals surface area (Å²) in [6.07, 6.45) is 1.12. The minimum Gasteiger partial charge on any atom is -0.380 e. The number of hydrogen-bond donors (Lipinski definition) is 1. The van der Waals surface area contributed by atoms with Crippen LogP contribution in [0, 0.1) is 0 Å². The van der Waals surface area contributed by atoms with Crippen LogP contribution >= 0.6 is 0 Å². The van der Waals surface area contributed by atoms with Crippen molar-refractivity contribution in [2.24, 2.45) is 5.73 Å². The van der Waals surface area contributed by atoms with Crippen LogP contribution in [0.5, 0.6) is 0 Å². The molecular formula is C14H32N2O3. The zero-order valence-electron chi connectivity index (χ0n) is 12.9. The van der Waals surface area contributed by atoms with E-state index in [2.05, 4.69) is 4.90 Å². The molecule has 5 heteroatoms. The van der Waals surface area contributed by atoms with Gasteiger partial charge in [-0.25, -0.2) is 0 Å². The van der Waals surface area contributed by atoms with Crippen molar-refractivity contribution in [2.45, 2.75) is 33.3 Å². The minimum atomic E-state index is 0.159. The molecule has 0 aliphatic carbocycles. The molecule has 0 aromatic heterocycles. The summed E-state index contributed by atoms with van der Waals surface area (Å²) in [5.74, 6) is 0. The van der Waals surface area contributed by atoms with E-state index in [0.717, 1.165) is 59.1 Å². The lowest BCUT2D eigenvalue weighted by Gasteiger charge is -2.24. The fraction of sp³-hybridized carbons (Fsp3) is 1.00. The van der Waals surface area contributed by atoms with E-state index in [1.807, 2.05) is 20.8 Å². The van der Waals surface area contributed by atoms with Crippen molar-refractivity contribution in [3.8, 4) is 0 Å². The number of hydrogen-bond acceptors (Lipinski definition) is 5. The average molecular weight is 276 g/mol. The van der Waals surface area contributed by atoms with Crippen LogP contribution in [0.25, 0.3) is 0 Å². The van der Waals surface area contributed by atoms with Crippen LogP contribution in [0.1, 0.15) is 27.2 Å². The fourth-order valence-electron chi connectivity index (χ4n) is 1.84. The molecule has 1 unspecified atom stereocenters. The molecular weight excluding hydrogens is 244 g/mol. The summed E-state index contributed by atoms with van der Waals surface area (Å²) in [7, 11) is 0. The van der Waals surface area contributed by atoms with Gasteiger partial charge in [-0.05, 0) is 27.2 Å². The van der Waals surface area contributed by atoms with Crippen LogP contribution in [0.4, 0.5) is 0 Å². The Hall–Kier alpha value is -0.200. The van der Waals surface area contributed by atoms with Gasteiger partial charge in [0, 0.05) is 46.0 Å². The molecule has 116 valence electrons. The normalized spacial score (nSPS) is 13.1. The van der Waals surface area contributed by atoms with Gasteiger partial charge < -0.3 is 19.9 Å². The van der Waals surface area contributed by atoms with Gasteiger partial charge in [0.05, 0.1) is 19.3 Å². The summed E-state index contributed by atoms with van der Waals surface area (Å²) in [5.41, 5.74) is 5.70. The Balaban J connectivity index is 3.93. The first kappa shape index (κ1) is 18.8. The van der Waals surface area contributed by atoms with Crippen molar-refractivity contribution >= 4 is 0 Å². The molecule has 0 saturated carbocycles. The molecule has 0 bridgehead atoms. The van der Waals surface area contributed by atoms with Crippen molar-refractivity contribution < 1.29 is 14.2 Å². The second-order valence-corrected chi connectivity index (χ2v) is 4.34. The van der Waals surface area contributed by atoms with Crippen LogP contribution in [0.2, 0.25) is 0 Å². The van der Waals surface area contributed by atoms with E-state index in [0.29, 0.717) is 6.54 Å². The van der Waals surface area contributed by atoms with E-state index in [4.69, 9.17) is 19.9 Å². The first-order valence-electron chi connectivity index (χ1n) is 7.47. The maximum Gasteiger partial charge on any atom is 0.0709 e. The monoisotopic (exact) mass is 276 g/mol. The third-order valence-corrected chi connectivity index (χ3v) is 2.94. The molecule has 1 atom stereocenters. The molecule has 5 nitrogen and oxygen atoms in total. The van der Waals surface area contributed by atoms with Crippen LogP contribution in [0.15, 0.2) is 0 Å². The Bertz CT molecular complexity index is 172. The highest BCUT2D eigenvalue weighted by Crippen LogP contribution is 2.00. The molecule has 0 spiro atoms. The lowest BCUT2D eigenvalue weighted by molar-refractivity contribution is 0.0422. The first-order chi connectivity index (χ1) is 9.28. The second kappa shape index (κ2) is 14.2. The standard InChI is InChI=1S/C14H32N2O3/c1-4-17-11-9-16(10-12-18-5-2)8-7-14(13-15)19-6-3/h14H,4-13,15H2,1-3H3. The van der Waals surface area contributed by atoms with Gasteiger partial charge in [-0.1, -0.05) is 0 Å². The van der Waals surface area contributed by atoms with E-state index < -0.39 is 0 Å². The Morgan fingerprint density at radius 2 is 1.47 bits per heavy atom. The zero-order valence-corrected chi connectivity index (χ0v) is 12.9. The molecule has 19 heavy (non-hydrogen) atoms. The number of ether oxygens (including phenoxy) is 3. The number of nitrogens with two attached hydrogens (primary N) is 1. The lowest BCUT2D eigenvalue weighted by atomic mass is 10.2. The highest BCUT2D eigenvalue weighted by Gasteiger charge is 2.10. The number of nitrogens with zero attached hydrogens (tertiary/aromatic N) is 1. The van der Waals surface area contributed by atoms with Crippen molar-refractivity contribution in [2.75, 3.05) is 59.2 Å². The average Bonchev–Trinajstić information content (AvgIpc) is 2.43. The van der Waals surface area contributed by atoms with Gasteiger partial charge >= 0.3 is 0 Å². The van der Waals surface area contributed by atoms with Crippen molar-refractivity contribution in [1.82, 2.24) is 4.90 Å². The first-order valence-corrected chi connectivity index (χ1v) is 7.47. The van der Waals surface area contributed by atoms with Crippen LogP contribution in [-0.2, 0) is 14.2 Å². The Labute approximate surface area is 118 Å². The van der Waals surface area contributed by atoms with Gasteiger partial charge in [0.15, 0.2) is 0 Å². The Morgan fingerprint density at radius 3 is 1.89 bits per heavy atom. The predicted molar refractivity (Wildman–Crippen MR) is 78.5 cm³/mol. The molecule has 0 amide bonds. The predicted octanol–water partition coefficient (Wildman–Crippen LogP) is 1.12. The molecule has 0 aromatic carbocycles. The quantitative estimate of drug-likeness (QED) is 0.482. The van der Waals surface area contributed by atoms with E-state index in [-0.39, 0.29) is 6.10 Å². The summed E-state index contributed by atoms with van der Waals surface area (Å²) < 4.78 is 16.4. The maximum atomic E-state index is 5.70. The maximum absolute atomic E-state index is 5.70. The zero-order chi connectivity index (χ0) is 14.3.